The number of carbonyl (C=O) groups is 1. The van der Waals surface area contributed by atoms with Crippen LogP contribution in [0.15, 0.2) is 52.9 Å². The molecule has 0 atom stereocenters. The van der Waals surface area contributed by atoms with E-state index >= 15 is 0 Å². The van der Waals surface area contributed by atoms with Crippen LogP contribution in [0.25, 0.3) is 11.5 Å². The highest BCUT2D eigenvalue weighted by atomic mass is 32.2. The van der Waals surface area contributed by atoms with Crippen LogP contribution in [0, 0.1) is 13.8 Å². The molecule has 0 aliphatic carbocycles. The lowest BCUT2D eigenvalue weighted by Gasteiger charge is -2.05. The summed E-state index contributed by atoms with van der Waals surface area (Å²) in [5.41, 5.74) is 3.60. The van der Waals surface area contributed by atoms with Crippen molar-refractivity contribution >= 4 is 21.8 Å². The summed E-state index contributed by atoms with van der Waals surface area (Å²) in [6, 6.07) is 14.9. The average molecular weight is 413 g/mol. The highest BCUT2D eigenvalue weighted by Crippen LogP contribution is 2.24. The molecule has 0 unspecified atom stereocenters. The van der Waals surface area contributed by atoms with E-state index < -0.39 is 9.84 Å². The zero-order chi connectivity index (χ0) is 20.9. The van der Waals surface area contributed by atoms with Crippen LogP contribution in [0.1, 0.15) is 29.5 Å². The third-order valence-corrected chi connectivity index (χ3v) is 6.07. The van der Waals surface area contributed by atoms with Crippen LogP contribution in [0.4, 0.5) is 6.01 Å². The largest absolute Gasteiger partial charge is 0.403 e. The van der Waals surface area contributed by atoms with Crippen molar-refractivity contribution < 1.29 is 17.6 Å². The van der Waals surface area contributed by atoms with Gasteiger partial charge in [0.1, 0.15) is 0 Å². The van der Waals surface area contributed by atoms with Crippen molar-refractivity contribution in [3.63, 3.8) is 0 Å². The molecule has 2 aromatic carbocycles. The molecular weight excluding hydrogens is 390 g/mol. The first-order valence-electron chi connectivity index (χ1n) is 9.28. The van der Waals surface area contributed by atoms with Gasteiger partial charge in [-0.2, -0.15) is 0 Å². The minimum atomic E-state index is -3.28. The first-order chi connectivity index (χ1) is 13.8. The van der Waals surface area contributed by atoms with Crippen LogP contribution in [0.5, 0.6) is 0 Å². The zero-order valence-electron chi connectivity index (χ0n) is 16.4. The van der Waals surface area contributed by atoms with Crippen molar-refractivity contribution in [1.29, 1.82) is 0 Å². The SMILES string of the molecule is Cc1ccc(C)c(-c2nnc(NC(=O)CCCS(=O)(=O)Cc3ccccc3)o2)c1. The maximum absolute atomic E-state index is 12.2. The Labute approximate surface area is 170 Å². The Hall–Kier alpha value is -3.00. The Morgan fingerprint density at radius 1 is 1.07 bits per heavy atom. The number of hydrogen-bond acceptors (Lipinski definition) is 6. The second kappa shape index (κ2) is 9.00. The summed E-state index contributed by atoms with van der Waals surface area (Å²) in [4.78, 5) is 12.1. The normalized spacial score (nSPS) is 11.4. The fourth-order valence-corrected chi connectivity index (χ4v) is 4.31. The summed E-state index contributed by atoms with van der Waals surface area (Å²) < 4.78 is 29.9. The monoisotopic (exact) mass is 413 g/mol. The highest BCUT2D eigenvalue weighted by Gasteiger charge is 2.15. The standard InChI is InChI=1S/C21H23N3O4S/c1-15-10-11-16(2)18(13-15)20-23-24-21(28-20)22-19(25)9-6-12-29(26,27)14-17-7-4-3-5-8-17/h3-5,7-8,10-11,13H,6,9,12,14H2,1-2H3,(H,22,24,25). The minimum Gasteiger partial charge on any atom is -0.403 e. The van der Waals surface area contributed by atoms with Gasteiger partial charge in [0.25, 0.3) is 0 Å². The van der Waals surface area contributed by atoms with E-state index in [1.165, 1.54) is 0 Å². The lowest BCUT2D eigenvalue weighted by atomic mass is 10.1. The second-order valence-electron chi connectivity index (χ2n) is 6.96. The van der Waals surface area contributed by atoms with E-state index in [1.54, 1.807) is 24.3 Å². The molecule has 0 aliphatic heterocycles. The summed E-state index contributed by atoms with van der Waals surface area (Å²) in [6.45, 7) is 3.90. The van der Waals surface area contributed by atoms with E-state index in [0.29, 0.717) is 5.89 Å². The number of aromatic nitrogens is 2. The number of nitrogens with zero attached hydrogens (tertiary/aromatic N) is 2. The van der Waals surface area contributed by atoms with Crippen molar-refractivity contribution in [1.82, 2.24) is 10.2 Å². The molecular formula is C21H23N3O4S. The highest BCUT2D eigenvalue weighted by molar-refractivity contribution is 7.90. The van der Waals surface area contributed by atoms with Crippen LogP contribution in [-0.2, 0) is 20.4 Å². The maximum Gasteiger partial charge on any atom is 0.322 e. The zero-order valence-corrected chi connectivity index (χ0v) is 17.2. The Balaban J connectivity index is 1.51. The molecule has 0 fully saturated rings. The summed E-state index contributed by atoms with van der Waals surface area (Å²) in [7, 11) is -3.28. The van der Waals surface area contributed by atoms with Gasteiger partial charge in [-0.15, -0.1) is 5.10 Å². The third kappa shape index (κ3) is 5.99. The van der Waals surface area contributed by atoms with Gasteiger partial charge in [-0.1, -0.05) is 53.1 Å². The molecule has 7 nitrogen and oxygen atoms in total. The number of rotatable bonds is 8. The number of hydrogen-bond donors (Lipinski definition) is 1. The molecule has 1 amide bonds. The predicted octanol–water partition coefficient (Wildman–Crippen LogP) is 3.69. The average Bonchev–Trinajstić information content (AvgIpc) is 3.12. The van der Waals surface area contributed by atoms with Gasteiger partial charge in [-0.25, -0.2) is 8.42 Å². The molecule has 3 aromatic rings. The van der Waals surface area contributed by atoms with E-state index in [2.05, 4.69) is 15.5 Å². The second-order valence-corrected chi connectivity index (χ2v) is 9.14. The molecule has 0 radical (unpaired) electrons. The van der Waals surface area contributed by atoms with Gasteiger partial charge in [0.2, 0.25) is 11.8 Å². The fraction of sp³-hybridized carbons (Fsp3) is 0.286. The number of carbonyl (C=O) groups excluding carboxylic acids is 1. The first-order valence-corrected chi connectivity index (χ1v) is 11.1. The maximum atomic E-state index is 12.2. The van der Waals surface area contributed by atoms with Crippen LogP contribution < -0.4 is 5.32 Å². The summed E-state index contributed by atoms with van der Waals surface area (Å²) in [5, 5.41) is 10.4. The molecule has 3 rings (SSSR count). The molecule has 8 heteroatoms. The smallest absolute Gasteiger partial charge is 0.322 e. The Morgan fingerprint density at radius 3 is 2.59 bits per heavy atom. The van der Waals surface area contributed by atoms with Crippen molar-refractivity contribution in [3.8, 4) is 11.5 Å². The van der Waals surface area contributed by atoms with E-state index in [4.69, 9.17) is 4.42 Å². The number of anilines is 1. The summed E-state index contributed by atoms with van der Waals surface area (Å²) in [6.07, 6.45) is 0.272. The van der Waals surface area contributed by atoms with Crippen molar-refractivity contribution in [2.45, 2.75) is 32.4 Å². The van der Waals surface area contributed by atoms with Crippen molar-refractivity contribution in [2.75, 3.05) is 11.1 Å². The Bertz CT molecular complexity index is 1090. The summed E-state index contributed by atoms with van der Waals surface area (Å²) >= 11 is 0. The number of sulfone groups is 1. The van der Waals surface area contributed by atoms with Crippen molar-refractivity contribution in [2.24, 2.45) is 0 Å². The van der Waals surface area contributed by atoms with Gasteiger partial charge in [-0.3, -0.25) is 10.1 Å². The van der Waals surface area contributed by atoms with E-state index in [-0.39, 0.29) is 36.3 Å². The molecule has 0 aliphatic rings. The molecule has 1 aromatic heterocycles. The molecule has 1 heterocycles. The van der Waals surface area contributed by atoms with Crippen LogP contribution in [0.3, 0.4) is 0 Å². The number of amides is 1. The number of aryl methyl sites for hydroxylation is 2. The van der Waals surface area contributed by atoms with Crippen LogP contribution >= 0.6 is 0 Å². The van der Waals surface area contributed by atoms with Crippen LogP contribution in [-0.4, -0.2) is 30.3 Å². The minimum absolute atomic E-state index is 0.00181. The molecule has 1 N–H and O–H groups in total. The van der Waals surface area contributed by atoms with E-state index in [9.17, 15) is 13.2 Å². The van der Waals surface area contributed by atoms with Gasteiger partial charge < -0.3 is 4.42 Å². The lowest BCUT2D eigenvalue weighted by molar-refractivity contribution is -0.116. The van der Waals surface area contributed by atoms with E-state index in [1.807, 2.05) is 38.1 Å². The lowest BCUT2D eigenvalue weighted by Crippen LogP contribution is -2.15. The molecule has 0 bridgehead atoms. The van der Waals surface area contributed by atoms with Gasteiger partial charge in [-0.05, 0) is 37.5 Å². The third-order valence-electron chi connectivity index (χ3n) is 4.38. The molecule has 29 heavy (non-hydrogen) atoms. The Kier molecular flexibility index (Phi) is 6.43. The van der Waals surface area contributed by atoms with Gasteiger partial charge >= 0.3 is 6.01 Å². The van der Waals surface area contributed by atoms with E-state index in [0.717, 1.165) is 22.3 Å². The predicted molar refractivity (Wildman–Crippen MR) is 111 cm³/mol. The molecule has 0 saturated carbocycles. The quantitative estimate of drug-likeness (QED) is 0.604. The first kappa shape index (κ1) is 20.7. The molecule has 152 valence electrons. The number of nitrogens with one attached hydrogen (secondary N) is 1. The number of benzene rings is 2. The topological polar surface area (TPSA) is 102 Å². The van der Waals surface area contributed by atoms with Gasteiger partial charge in [0.05, 0.1) is 11.5 Å². The van der Waals surface area contributed by atoms with Gasteiger partial charge in [0, 0.05) is 12.0 Å². The molecule has 0 saturated heterocycles. The summed E-state index contributed by atoms with van der Waals surface area (Å²) in [5.74, 6) is -0.131. The molecule has 0 spiro atoms. The Morgan fingerprint density at radius 2 is 1.83 bits per heavy atom. The van der Waals surface area contributed by atoms with Gasteiger partial charge in [0.15, 0.2) is 9.84 Å². The van der Waals surface area contributed by atoms with Crippen molar-refractivity contribution in [3.05, 3.63) is 65.2 Å². The van der Waals surface area contributed by atoms with Crippen LogP contribution in [0.2, 0.25) is 0 Å². The fourth-order valence-electron chi connectivity index (χ4n) is 2.88.